The first-order valence-electron chi connectivity index (χ1n) is 7.40. The van der Waals surface area contributed by atoms with E-state index in [0.717, 1.165) is 21.8 Å². The zero-order chi connectivity index (χ0) is 16.8. The fraction of sp³-hybridized carbons (Fsp3) is 0. The molecule has 2 N–H and O–H groups in total. The molecule has 2 heterocycles. The molecule has 5 nitrogen and oxygen atoms in total. The van der Waals surface area contributed by atoms with Gasteiger partial charge in [-0.3, -0.25) is 9.97 Å². The van der Waals surface area contributed by atoms with Crippen LogP contribution in [0.15, 0.2) is 79.1 Å². The zero-order valence-corrected chi connectivity index (χ0v) is 12.8. The summed E-state index contributed by atoms with van der Waals surface area (Å²) < 4.78 is 4.53. The Labute approximate surface area is 139 Å². The molecule has 0 unspecified atom stereocenters. The van der Waals surface area contributed by atoms with Gasteiger partial charge in [-0.15, -0.1) is 0 Å². The molecular formula is C18H15BN2O3. The lowest BCUT2D eigenvalue weighted by Crippen LogP contribution is -2.20. The summed E-state index contributed by atoms with van der Waals surface area (Å²) in [5.74, 6) is 0.442. The molecule has 0 aliphatic carbocycles. The first kappa shape index (κ1) is 15.9. The Balaban J connectivity index is 0.000000150. The molecule has 24 heavy (non-hydrogen) atoms. The van der Waals surface area contributed by atoms with Gasteiger partial charge in [0.15, 0.2) is 0 Å². The number of hydrogen-bond donors (Lipinski definition) is 2. The average molecular weight is 318 g/mol. The van der Waals surface area contributed by atoms with Gasteiger partial charge in [0.2, 0.25) is 0 Å². The Bertz CT molecular complexity index is 878. The Morgan fingerprint density at radius 1 is 0.667 bits per heavy atom. The van der Waals surface area contributed by atoms with Crippen LogP contribution >= 0.6 is 0 Å². The molecule has 118 valence electrons. The van der Waals surface area contributed by atoms with Crippen LogP contribution in [0.3, 0.4) is 0 Å². The van der Waals surface area contributed by atoms with Crippen molar-refractivity contribution in [2.24, 2.45) is 0 Å². The minimum Gasteiger partial charge on any atom is -0.512 e. The summed E-state index contributed by atoms with van der Waals surface area (Å²) in [6.45, 7) is 0. The summed E-state index contributed by atoms with van der Waals surface area (Å²) in [4.78, 5) is 8.69. The van der Waals surface area contributed by atoms with Crippen molar-refractivity contribution in [3.63, 3.8) is 0 Å². The molecule has 0 radical (unpaired) electrons. The van der Waals surface area contributed by atoms with Gasteiger partial charge in [0.25, 0.3) is 0 Å². The van der Waals surface area contributed by atoms with Crippen LogP contribution in [-0.4, -0.2) is 27.3 Å². The van der Waals surface area contributed by atoms with E-state index < -0.39 is 7.32 Å². The van der Waals surface area contributed by atoms with E-state index in [9.17, 15) is 0 Å². The van der Waals surface area contributed by atoms with Gasteiger partial charge in [-0.1, -0.05) is 42.5 Å². The van der Waals surface area contributed by atoms with Gasteiger partial charge in [-0.25, -0.2) is 0 Å². The van der Waals surface area contributed by atoms with E-state index in [2.05, 4.69) is 38.9 Å². The molecule has 0 spiro atoms. The highest BCUT2D eigenvalue weighted by Gasteiger charge is 2.09. The highest BCUT2D eigenvalue weighted by molar-refractivity contribution is 6.33. The number of nitrogens with zero attached hydrogens (tertiary/aromatic N) is 2. The molecule has 0 bridgehead atoms. The van der Waals surface area contributed by atoms with Crippen molar-refractivity contribution >= 4 is 29.1 Å². The number of pyridine rings is 2. The van der Waals surface area contributed by atoms with Crippen LogP contribution in [0, 0.1) is 0 Å². The second-order valence-electron chi connectivity index (χ2n) is 4.97. The third-order valence-electron chi connectivity index (χ3n) is 3.33. The lowest BCUT2D eigenvalue weighted by molar-refractivity contribution is 0.288. The Kier molecular flexibility index (Phi) is 5.00. The Morgan fingerprint density at radius 2 is 1.21 bits per heavy atom. The number of para-hydroxylation sites is 1. The Hall–Kier alpha value is -2.96. The van der Waals surface area contributed by atoms with Gasteiger partial charge >= 0.3 is 7.32 Å². The van der Waals surface area contributed by atoms with Gasteiger partial charge in [-0.05, 0) is 24.3 Å². The molecule has 0 atom stereocenters. The van der Waals surface area contributed by atoms with Crippen LogP contribution < -0.4 is 4.65 Å². The second-order valence-corrected chi connectivity index (χ2v) is 4.97. The van der Waals surface area contributed by atoms with E-state index in [1.807, 2.05) is 18.2 Å². The van der Waals surface area contributed by atoms with Crippen LogP contribution in [0.5, 0.6) is 5.75 Å². The molecule has 2 aromatic carbocycles. The van der Waals surface area contributed by atoms with Gasteiger partial charge < -0.3 is 14.7 Å². The molecule has 0 saturated heterocycles. The number of fused-ring (bicyclic) bond motifs is 3. The molecule has 4 aromatic rings. The van der Waals surface area contributed by atoms with Crippen LogP contribution in [0.2, 0.25) is 0 Å². The zero-order valence-electron chi connectivity index (χ0n) is 12.8. The molecule has 2 aromatic heterocycles. The summed E-state index contributed by atoms with van der Waals surface area (Å²) in [6, 6.07) is 20.7. The molecule has 0 aliphatic rings. The normalized spacial score (nSPS) is 10.1. The fourth-order valence-electron chi connectivity index (χ4n) is 2.30. The van der Waals surface area contributed by atoms with Crippen molar-refractivity contribution in [1.29, 1.82) is 0 Å². The minimum atomic E-state index is -1.73. The van der Waals surface area contributed by atoms with Crippen molar-refractivity contribution in [2.45, 2.75) is 0 Å². The lowest BCUT2D eigenvalue weighted by atomic mass is 10.1. The van der Waals surface area contributed by atoms with Gasteiger partial charge in [-0.2, -0.15) is 0 Å². The number of rotatable bonds is 2. The van der Waals surface area contributed by atoms with E-state index in [4.69, 9.17) is 10.0 Å². The maximum Gasteiger partial charge on any atom is 0.707 e. The molecular weight excluding hydrogens is 303 g/mol. The third kappa shape index (κ3) is 3.87. The second kappa shape index (κ2) is 7.54. The minimum absolute atomic E-state index is 0.442. The van der Waals surface area contributed by atoms with Gasteiger partial charge in [0.05, 0.1) is 11.0 Å². The molecule has 0 aliphatic heterocycles. The summed E-state index contributed by atoms with van der Waals surface area (Å²) in [5.41, 5.74) is 1.95. The standard InChI is InChI=1S/C12H8N2.C6H7BO3/c1-3-9-5-6-10-4-2-8-14-12(10)11(9)13-7-1;8-7(9)10-6-4-2-1-3-5-6/h1-8H;1-5,8-9H. The lowest BCUT2D eigenvalue weighted by Gasteiger charge is -2.01. The quantitative estimate of drug-likeness (QED) is 0.439. The van der Waals surface area contributed by atoms with Crippen molar-refractivity contribution in [1.82, 2.24) is 9.97 Å². The van der Waals surface area contributed by atoms with Crippen LogP contribution in [0.1, 0.15) is 0 Å². The largest absolute Gasteiger partial charge is 0.707 e. The van der Waals surface area contributed by atoms with Crippen molar-refractivity contribution in [3.8, 4) is 5.75 Å². The monoisotopic (exact) mass is 318 g/mol. The van der Waals surface area contributed by atoms with E-state index in [1.165, 1.54) is 0 Å². The predicted molar refractivity (Wildman–Crippen MR) is 94.3 cm³/mol. The number of aromatic nitrogens is 2. The molecule has 4 rings (SSSR count). The maximum absolute atomic E-state index is 8.34. The van der Waals surface area contributed by atoms with Crippen LogP contribution in [0.25, 0.3) is 21.8 Å². The van der Waals surface area contributed by atoms with E-state index in [-0.39, 0.29) is 0 Å². The van der Waals surface area contributed by atoms with Crippen molar-refractivity contribution in [2.75, 3.05) is 0 Å². The maximum atomic E-state index is 8.34. The molecule has 0 amide bonds. The first-order valence-corrected chi connectivity index (χ1v) is 7.40. The molecule has 6 heteroatoms. The predicted octanol–water partition coefficient (Wildman–Crippen LogP) is 2.82. The average Bonchev–Trinajstić information content (AvgIpc) is 2.62. The summed E-state index contributed by atoms with van der Waals surface area (Å²) in [6.07, 6.45) is 3.60. The summed E-state index contributed by atoms with van der Waals surface area (Å²) in [5, 5.41) is 19.0. The van der Waals surface area contributed by atoms with Crippen molar-refractivity contribution < 1.29 is 14.7 Å². The SMILES string of the molecule is OB(O)Oc1ccccc1.c1cnc2c(c1)ccc1cccnc12. The Morgan fingerprint density at radius 3 is 1.71 bits per heavy atom. The summed E-state index contributed by atoms with van der Waals surface area (Å²) >= 11 is 0. The van der Waals surface area contributed by atoms with Crippen LogP contribution in [-0.2, 0) is 0 Å². The number of benzene rings is 2. The topological polar surface area (TPSA) is 75.5 Å². The smallest absolute Gasteiger partial charge is 0.512 e. The van der Waals surface area contributed by atoms with E-state index >= 15 is 0 Å². The highest BCUT2D eigenvalue weighted by atomic mass is 16.6. The fourth-order valence-corrected chi connectivity index (χ4v) is 2.30. The van der Waals surface area contributed by atoms with Crippen LogP contribution in [0.4, 0.5) is 0 Å². The van der Waals surface area contributed by atoms with Crippen molar-refractivity contribution in [3.05, 3.63) is 79.1 Å². The highest BCUT2D eigenvalue weighted by Crippen LogP contribution is 2.20. The van der Waals surface area contributed by atoms with E-state index in [1.54, 1.807) is 36.7 Å². The first-order chi connectivity index (χ1) is 11.7. The van der Waals surface area contributed by atoms with Gasteiger partial charge in [0, 0.05) is 23.2 Å². The summed E-state index contributed by atoms with van der Waals surface area (Å²) in [7, 11) is -1.73. The third-order valence-corrected chi connectivity index (χ3v) is 3.33. The number of hydrogen-bond acceptors (Lipinski definition) is 5. The molecule has 0 saturated carbocycles. The van der Waals surface area contributed by atoms with Gasteiger partial charge in [0.1, 0.15) is 5.75 Å². The molecule has 0 fully saturated rings. The van der Waals surface area contributed by atoms with E-state index in [0.29, 0.717) is 5.75 Å².